The Morgan fingerprint density at radius 3 is 3.08 bits per heavy atom. The standard InChI is InChI=1S/C11H17NO/c1-3-11-5-4-9(13)8-10(11)12(2)7-6-11/h3,10H,1,4-8H2,2H3/t10-,11-/m0/s1. The number of hydrogen-bond acceptors (Lipinski definition) is 2. The first-order valence-corrected chi connectivity index (χ1v) is 5.03. The van der Waals surface area contributed by atoms with E-state index in [1.54, 1.807) is 0 Å². The van der Waals surface area contributed by atoms with Crippen LogP contribution in [0.5, 0.6) is 0 Å². The lowest BCUT2D eigenvalue weighted by Gasteiger charge is -2.38. The first-order valence-electron chi connectivity index (χ1n) is 5.03. The molecule has 2 rings (SSSR count). The SMILES string of the molecule is C=C[C@@]12CCC(=O)C[C@@H]1N(C)CC2. The molecular formula is C11H17NO. The molecule has 1 saturated heterocycles. The Morgan fingerprint density at radius 1 is 1.62 bits per heavy atom. The van der Waals surface area contributed by atoms with Crippen molar-refractivity contribution in [3.8, 4) is 0 Å². The monoisotopic (exact) mass is 179 g/mol. The summed E-state index contributed by atoms with van der Waals surface area (Å²) >= 11 is 0. The molecule has 1 aliphatic carbocycles. The van der Waals surface area contributed by atoms with Gasteiger partial charge in [0.15, 0.2) is 0 Å². The van der Waals surface area contributed by atoms with Crippen LogP contribution in [0.2, 0.25) is 0 Å². The number of carbonyl (C=O) groups is 1. The maximum Gasteiger partial charge on any atom is 0.134 e. The molecule has 2 heteroatoms. The van der Waals surface area contributed by atoms with Crippen LogP contribution in [0.4, 0.5) is 0 Å². The summed E-state index contributed by atoms with van der Waals surface area (Å²) < 4.78 is 0. The van der Waals surface area contributed by atoms with Gasteiger partial charge in [-0.15, -0.1) is 6.58 Å². The zero-order valence-electron chi connectivity index (χ0n) is 8.25. The summed E-state index contributed by atoms with van der Waals surface area (Å²) in [5.41, 5.74) is 0.253. The second kappa shape index (κ2) is 2.95. The summed E-state index contributed by atoms with van der Waals surface area (Å²) in [6.45, 7) is 5.05. The summed E-state index contributed by atoms with van der Waals surface area (Å²) in [5.74, 6) is 0.427. The third-order valence-corrected chi connectivity index (χ3v) is 3.82. The van der Waals surface area contributed by atoms with Gasteiger partial charge in [0, 0.05) is 24.3 Å². The normalized spacial score (nSPS) is 40.4. The van der Waals surface area contributed by atoms with Gasteiger partial charge in [0.2, 0.25) is 0 Å². The highest BCUT2D eigenvalue weighted by atomic mass is 16.1. The number of hydrogen-bond donors (Lipinski definition) is 0. The van der Waals surface area contributed by atoms with Gasteiger partial charge in [-0.05, 0) is 26.4 Å². The summed E-state index contributed by atoms with van der Waals surface area (Å²) in [5, 5.41) is 0. The molecule has 0 bridgehead atoms. The highest BCUT2D eigenvalue weighted by Gasteiger charge is 2.46. The molecule has 1 heterocycles. The molecule has 0 unspecified atom stereocenters. The molecule has 1 aliphatic heterocycles. The molecule has 13 heavy (non-hydrogen) atoms. The summed E-state index contributed by atoms with van der Waals surface area (Å²) in [6.07, 6.45) is 5.79. The zero-order valence-corrected chi connectivity index (χ0v) is 8.25. The van der Waals surface area contributed by atoms with E-state index in [2.05, 4.69) is 24.6 Å². The molecule has 2 fully saturated rings. The van der Waals surface area contributed by atoms with Crippen molar-refractivity contribution >= 4 is 5.78 Å². The summed E-state index contributed by atoms with van der Waals surface area (Å²) in [7, 11) is 2.12. The van der Waals surface area contributed by atoms with Crippen LogP contribution in [0.1, 0.15) is 25.7 Å². The molecule has 0 aromatic heterocycles. The lowest BCUT2D eigenvalue weighted by Crippen LogP contribution is -2.42. The quantitative estimate of drug-likeness (QED) is 0.570. The van der Waals surface area contributed by atoms with Crippen LogP contribution in [0.15, 0.2) is 12.7 Å². The minimum atomic E-state index is 0.253. The van der Waals surface area contributed by atoms with E-state index >= 15 is 0 Å². The highest BCUT2D eigenvalue weighted by Crippen LogP contribution is 2.45. The molecule has 0 N–H and O–H groups in total. The van der Waals surface area contributed by atoms with Gasteiger partial charge in [-0.2, -0.15) is 0 Å². The lowest BCUT2D eigenvalue weighted by molar-refractivity contribution is -0.123. The minimum absolute atomic E-state index is 0.253. The average Bonchev–Trinajstić information content (AvgIpc) is 2.46. The molecule has 0 radical (unpaired) electrons. The molecule has 2 nitrogen and oxygen atoms in total. The van der Waals surface area contributed by atoms with Gasteiger partial charge in [0.05, 0.1) is 0 Å². The van der Waals surface area contributed by atoms with Gasteiger partial charge >= 0.3 is 0 Å². The van der Waals surface area contributed by atoms with E-state index in [0.29, 0.717) is 11.8 Å². The van der Waals surface area contributed by atoms with Crippen LogP contribution in [0.25, 0.3) is 0 Å². The number of rotatable bonds is 1. The van der Waals surface area contributed by atoms with Gasteiger partial charge in [-0.25, -0.2) is 0 Å². The van der Waals surface area contributed by atoms with E-state index in [4.69, 9.17) is 0 Å². The predicted molar refractivity (Wildman–Crippen MR) is 52.5 cm³/mol. The van der Waals surface area contributed by atoms with Crippen molar-refractivity contribution in [2.45, 2.75) is 31.7 Å². The van der Waals surface area contributed by atoms with Crippen LogP contribution >= 0.6 is 0 Å². The van der Waals surface area contributed by atoms with Gasteiger partial charge in [-0.3, -0.25) is 4.79 Å². The third kappa shape index (κ3) is 1.24. The fourth-order valence-corrected chi connectivity index (χ4v) is 2.83. The molecule has 0 amide bonds. The van der Waals surface area contributed by atoms with Gasteiger partial charge in [0.1, 0.15) is 5.78 Å². The Bertz CT molecular complexity index is 248. The van der Waals surface area contributed by atoms with Crippen molar-refractivity contribution in [2.75, 3.05) is 13.6 Å². The molecule has 0 spiro atoms. The molecule has 1 saturated carbocycles. The van der Waals surface area contributed by atoms with Gasteiger partial charge in [-0.1, -0.05) is 6.08 Å². The highest BCUT2D eigenvalue weighted by molar-refractivity contribution is 5.80. The van der Waals surface area contributed by atoms with E-state index in [1.807, 2.05) is 0 Å². The van der Waals surface area contributed by atoms with Crippen LogP contribution < -0.4 is 0 Å². The van der Waals surface area contributed by atoms with E-state index in [0.717, 1.165) is 25.8 Å². The number of Topliss-reactive ketones (excluding diaryl/α,β-unsaturated/α-hetero) is 1. The fraction of sp³-hybridized carbons (Fsp3) is 0.727. The fourth-order valence-electron chi connectivity index (χ4n) is 2.83. The molecule has 0 aromatic carbocycles. The largest absolute Gasteiger partial charge is 0.302 e. The molecule has 72 valence electrons. The Labute approximate surface area is 79.6 Å². The minimum Gasteiger partial charge on any atom is -0.302 e. The van der Waals surface area contributed by atoms with E-state index < -0.39 is 0 Å². The van der Waals surface area contributed by atoms with Crippen molar-refractivity contribution in [3.63, 3.8) is 0 Å². The molecule has 2 atom stereocenters. The van der Waals surface area contributed by atoms with Crippen molar-refractivity contribution in [3.05, 3.63) is 12.7 Å². The number of likely N-dealkylation sites (tertiary alicyclic amines) is 1. The maximum atomic E-state index is 11.3. The second-order valence-corrected chi connectivity index (χ2v) is 4.43. The van der Waals surface area contributed by atoms with Crippen LogP contribution in [0, 0.1) is 5.41 Å². The third-order valence-electron chi connectivity index (χ3n) is 3.82. The average molecular weight is 179 g/mol. The lowest BCUT2D eigenvalue weighted by atomic mass is 9.70. The zero-order chi connectivity index (χ0) is 9.47. The van der Waals surface area contributed by atoms with Crippen molar-refractivity contribution in [1.29, 1.82) is 0 Å². The van der Waals surface area contributed by atoms with E-state index in [9.17, 15) is 4.79 Å². The topological polar surface area (TPSA) is 20.3 Å². The number of ketones is 1. The Kier molecular flexibility index (Phi) is 2.03. The Hall–Kier alpha value is -0.630. The number of fused-ring (bicyclic) bond motifs is 1. The van der Waals surface area contributed by atoms with Crippen molar-refractivity contribution in [2.24, 2.45) is 5.41 Å². The Balaban J connectivity index is 2.25. The molecule has 0 aromatic rings. The molecular weight excluding hydrogens is 162 g/mol. The van der Waals surface area contributed by atoms with Gasteiger partial charge < -0.3 is 4.90 Å². The van der Waals surface area contributed by atoms with Crippen molar-refractivity contribution in [1.82, 2.24) is 4.90 Å². The predicted octanol–water partition coefficient (Wildman–Crippen LogP) is 1.62. The number of carbonyl (C=O) groups excluding carboxylic acids is 1. The number of nitrogens with zero attached hydrogens (tertiary/aromatic N) is 1. The van der Waals surface area contributed by atoms with Crippen LogP contribution in [-0.4, -0.2) is 30.3 Å². The Morgan fingerprint density at radius 2 is 2.38 bits per heavy atom. The maximum absolute atomic E-state index is 11.3. The van der Waals surface area contributed by atoms with E-state index in [-0.39, 0.29) is 5.41 Å². The summed E-state index contributed by atoms with van der Waals surface area (Å²) in [4.78, 5) is 13.7. The van der Waals surface area contributed by atoms with E-state index in [1.165, 1.54) is 6.42 Å². The first-order chi connectivity index (χ1) is 6.18. The summed E-state index contributed by atoms with van der Waals surface area (Å²) in [6, 6.07) is 0.436. The second-order valence-electron chi connectivity index (χ2n) is 4.43. The van der Waals surface area contributed by atoms with Crippen LogP contribution in [-0.2, 0) is 4.79 Å². The van der Waals surface area contributed by atoms with Crippen molar-refractivity contribution < 1.29 is 4.79 Å². The van der Waals surface area contributed by atoms with Crippen LogP contribution in [0.3, 0.4) is 0 Å². The van der Waals surface area contributed by atoms with Gasteiger partial charge in [0.25, 0.3) is 0 Å². The first kappa shape index (κ1) is 8.95. The molecule has 2 aliphatic rings. The smallest absolute Gasteiger partial charge is 0.134 e.